The van der Waals surface area contributed by atoms with Crippen LogP contribution in [0.1, 0.15) is 5.76 Å². The Hall–Kier alpha value is -0.410. The Labute approximate surface area is 65.8 Å². The van der Waals surface area contributed by atoms with Crippen molar-refractivity contribution in [3.05, 3.63) is 24.2 Å². The van der Waals surface area contributed by atoms with Crippen LogP contribution in [0.25, 0.3) is 0 Å². The predicted molar refractivity (Wildman–Crippen MR) is 44.2 cm³/mol. The highest BCUT2D eigenvalue weighted by Crippen LogP contribution is 2.06. The van der Waals surface area contributed by atoms with Gasteiger partial charge in [-0.25, -0.2) is 0 Å². The molecule has 1 aromatic rings. The average molecular weight is 157 g/mol. The molecule has 0 bridgehead atoms. The van der Waals surface area contributed by atoms with Crippen molar-refractivity contribution < 1.29 is 4.42 Å². The number of hydrogen-bond acceptors (Lipinski definition) is 3. The van der Waals surface area contributed by atoms with Gasteiger partial charge in [0, 0.05) is 18.2 Å². The first-order valence-electron chi connectivity index (χ1n) is 3.23. The summed E-state index contributed by atoms with van der Waals surface area (Å²) >= 11 is 4.23. The summed E-state index contributed by atoms with van der Waals surface area (Å²) < 4.78 is 5.10. The van der Waals surface area contributed by atoms with Gasteiger partial charge in [0.05, 0.1) is 6.26 Å². The maximum absolute atomic E-state index is 5.37. The van der Waals surface area contributed by atoms with E-state index in [1.54, 1.807) is 6.26 Å². The largest absolute Gasteiger partial charge is 0.469 e. The van der Waals surface area contributed by atoms with Crippen LogP contribution in [0.4, 0.5) is 0 Å². The van der Waals surface area contributed by atoms with Crippen molar-refractivity contribution in [2.45, 2.75) is 11.7 Å². The highest BCUT2D eigenvalue weighted by atomic mass is 32.1. The maximum atomic E-state index is 5.37. The summed E-state index contributed by atoms with van der Waals surface area (Å²) in [7, 11) is 0. The minimum Gasteiger partial charge on any atom is -0.469 e. The van der Waals surface area contributed by atoms with Gasteiger partial charge in [-0.05, 0) is 12.1 Å². The van der Waals surface area contributed by atoms with Gasteiger partial charge in [0.1, 0.15) is 5.76 Å². The molecule has 1 atom stereocenters. The summed E-state index contributed by atoms with van der Waals surface area (Å²) in [4.78, 5) is 0. The molecule has 0 spiro atoms. The van der Waals surface area contributed by atoms with E-state index in [9.17, 15) is 0 Å². The normalized spacial score (nSPS) is 13.4. The monoisotopic (exact) mass is 157 g/mol. The Morgan fingerprint density at radius 1 is 1.70 bits per heavy atom. The van der Waals surface area contributed by atoms with Crippen molar-refractivity contribution in [3.63, 3.8) is 0 Å². The van der Waals surface area contributed by atoms with Crippen molar-refractivity contribution in [2.75, 3.05) is 6.54 Å². The van der Waals surface area contributed by atoms with Crippen LogP contribution in [0.15, 0.2) is 22.8 Å². The third-order valence-electron chi connectivity index (χ3n) is 1.29. The quantitative estimate of drug-likeness (QED) is 0.644. The van der Waals surface area contributed by atoms with Gasteiger partial charge in [0.15, 0.2) is 0 Å². The van der Waals surface area contributed by atoms with Crippen LogP contribution in [0.5, 0.6) is 0 Å². The lowest BCUT2D eigenvalue weighted by Crippen LogP contribution is -2.16. The zero-order valence-electron chi connectivity index (χ0n) is 5.66. The fraction of sp³-hybridized carbons (Fsp3) is 0.429. The summed E-state index contributed by atoms with van der Waals surface area (Å²) in [6.45, 7) is 0.587. The molecule has 0 saturated heterocycles. The molecule has 0 aliphatic heterocycles. The zero-order valence-corrected chi connectivity index (χ0v) is 6.55. The topological polar surface area (TPSA) is 39.2 Å². The minimum atomic E-state index is 0.214. The first-order valence-corrected chi connectivity index (χ1v) is 3.75. The summed E-state index contributed by atoms with van der Waals surface area (Å²) in [5.41, 5.74) is 5.37. The number of thiol groups is 1. The van der Waals surface area contributed by atoms with Crippen LogP contribution in [0.2, 0.25) is 0 Å². The number of nitrogens with two attached hydrogens (primary N) is 1. The molecular weight excluding hydrogens is 146 g/mol. The van der Waals surface area contributed by atoms with Crippen LogP contribution < -0.4 is 5.73 Å². The summed E-state index contributed by atoms with van der Waals surface area (Å²) in [6.07, 6.45) is 2.47. The van der Waals surface area contributed by atoms with Gasteiger partial charge in [0.25, 0.3) is 0 Å². The molecule has 2 nitrogen and oxygen atoms in total. The summed E-state index contributed by atoms with van der Waals surface area (Å²) in [5, 5.41) is 0.214. The Morgan fingerprint density at radius 3 is 3.00 bits per heavy atom. The second-order valence-electron chi connectivity index (χ2n) is 2.17. The molecule has 2 N–H and O–H groups in total. The molecule has 0 saturated carbocycles. The Bertz CT molecular complexity index is 174. The van der Waals surface area contributed by atoms with E-state index in [2.05, 4.69) is 12.6 Å². The van der Waals surface area contributed by atoms with E-state index in [0.717, 1.165) is 12.2 Å². The van der Waals surface area contributed by atoms with Gasteiger partial charge in [-0.3, -0.25) is 0 Å². The molecule has 0 amide bonds. The zero-order chi connectivity index (χ0) is 7.40. The van der Waals surface area contributed by atoms with Crippen molar-refractivity contribution in [1.29, 1.82) is 0 Å². The molecule has 3 heteroatoms. The van der Waals surface area contributed by atoms with Crippen molar-refractivity contribution in [2.24, 2.45) is 5.73 Å². The van der Waals surface area contributed by atoms with Crippen LogP contribution in [0.3, 0.4) is 0 Å². The van der Waals surface area contributed by atoms with Gasteiger partial charge >= 0.3 is 0 Å². The first kappa shape index (κ1) is 7.69. The average Bonchev–Trinajstić information content (AvgIpc) is 2.40. The molecular formula is C7H11NOS. The molecule has 0 radical (unpaired) electrons. The van der Waals surface area contributed by atoms with E-state index in [4.69, 9.17) is 10.2 Å². The van der Waals surface area contributed by atoms with Crippen LogP contribution in [0, 0.1) is 0 Å². The fourth-order valence-corrected chi connectivity index (χ4v) is 0.924. The van der Waals surface area contributed by atoms with Crippen LogP contribution in [-0.4, -0.2) is 11.8 Å². The molecule has 1 rings (SSSR count). The summed E-state index contributed by atoms with van der Waals surface area (Å²) in [6, 6.07) is 3.80. The van der Waals surface area contributed by atoms with E-state index >= 15 is 0 Å². The van der Waals surface area contributed by atoms with Crippen molar-refractivity contribution in [1.82, 2.24) is 0 Å². The number of rotatable bonds is 3. The van der Waals surface area contributed by atoms with Crippen LogP contribution in [-0.2, 0) is 6.42 Å². The molecule has 1 heterocycles. The predicted octanol–water partition coefficient (Wildman–Crippen LogP) is 1.08. The van der Waals surface area contributed by atoms with Gasteiger partial charge < -0.3 is 10.2 Å². The Balaban J connectivity index is 2.40. The fourth-order valence-electron chi connectivity index (χ4n) is 0.744. The SMILES string of the molecule is NCC(S)Cc1ccco1. The van der Waals surface area contributed by atoms with E-state index in [1.807, 2.05) is 12.1 Å². The van der Waals surface area contributed by atoms with Gasteiger partial charge in [-0.1, -0.05) is 0 Å². The molecule has 0 aromatic carbocycles. The Morgan fingerprint density at radius 2 is 2.50 bits per heavy atom. The maximum Gasteiger partial charge on any atom is 0.104 e. The lowest BCUT2D eigenvalue weighted by molar-refractivity contribution is 0.506. The first-order chi connectivity index (χ1) is 4.83. The molecule has 10 heavy (non-hydrogen) atoms. The smallest absolute Gasteiger partial charge is 0.104 e. The van der Waals surface area contributed by atoms with E-state index in [-0.39, 0.29) is 5.25 Å². The second-order valence-corrected chi connectivity index (χ2v) is 2.90. The van der Waals surface area contributed by atoms with Crippen molar-refractivity contribution in [3.8, 4) is 0 Å². The summed E-state index contributed by atoms with van der Waals surface area (Å²) in [5.74, 6) is 0.949. The minimum absolute atomic E-state index is 0.214. The van der Waals surface area contributed by atoms with Gasteiger partial charge in [-0.15, -0.1) is 0 Å². The van der Waals surface area contributed by atoms with Gasteiger partial charge in [0.2, 0.25) is 0 Å². The molecule has 0 aliphatic carbocycles. The molecule has 1 unspecified atom stereocenters. The molecule has 0 aliphatic rings. The number of hydrogen-bond donors (Lipinski definition) is 2. The van der Waals surface area contributed by atoms with Crippen LogP contribution >= 0.6 is 12.6 Å². The second kappa shape index (κ2) is 3.68. The number of furan rings is 1. The van der Waals surface area contributed by atoms with E-state index in [0.29, 0.717) is 6.54 Å². The van der Waals surface area contributed by atoms with Gasteiger partial charge in [-0.2, -0.15) is 12.6 Å². The lowest BCUT2D eigenvalue weighted by Gasteiger charge is -2.02. The Kier molecular flexibility index (Phi) is 2.83. The lowest BCUT2D eigenvalue weighted by atomic mass is 10.2. The molecule has 0 fully saturated rings. The third-order valence-corrected chi connectivity index (χ3v) is 1.68. The van der Waals surface area contributed by atoms with E-state index in [1.165, 1.54) is 0 Å². The highest BCUT2D eigenvalue weighted by Gasteiger charge is 2.02. The highest BCUT2D eigenvalue weighted by molar-refractivity contribution is 7.81. The third kappa shape index (κ3) is 2.08. The molecule has 56 valence electrons. The standard InChI is InChI=1S/C7H11NOS/c8-5-7(10)4-6-2-1-3-9-6/h1-3,7,10H,4-5,8H2. The molecule has 1 aromatic heterocycles. The van der Waals surface area contributed by atoms with E-state index < -0.39 is 0 Å². The van der Waals surface area contributed by atoms with Crippen molar-refractivity contribution >= 4 is 12.6 Å².